The van der Waals surface area contributed by atoms with Gasteiger partial charge in [0.2, 0.25) is 10.5 Å². The third-order valence-electron chi connectivity index (χ3n) is 2.10. The Balaban J connectivity index is 2.65. The van der Waals surface area contributed by atoms with Gasteiger partial charge in [0.05, 0.1) is 0 Å². The number of halogens is 2. The van der Waals surface area contributed by atoms with Crippen LogP contribution in [0.1, 0.15) is 19.3 Å². The molecule has 0 spiro atoms. The van der Waals surface area contributed by atoms with Gasteiger partial charge < -0.3 is 0 Å². The third-order valence-corrected chi connectivity index (χ3v) is 2.66. The molecule has 1 rings (SSSR count). The summed E-state index contributed by atoms with van der Waals surface area (Å²) < 4.78 is 0. The van der Waals surface area contributed by atoms with Crippen LogP contribution in [0.5, 0.6) is 0 Å². The van der Waals surface area contributed by atoms with E-state index in [1.165, 1.54) is 0 Å². The molecule has 4 heteroatoms. The number of hydrogen-bond donors (Lipinski definition) is 0. The first-order chi connectivity index (χ1) is 5.13. The number of carbonyl (C=O) groups excluding carboxylic acids is 2. The maximum Gasteiger partial charge on any atom is 0.225 e. The molecule has 0 saturated heterocycles. The number of hydrogen-bond acceptors (Lipinski definition) is 2. The molecule has 0 aliphatic heterocycles. The second-order valence-electron chi connectivity index (χ2n) is 2.75. The summed E-state index contributed by atoms with van der Waals surface area (Å²) in [4.78, 5) is 21.4. The van der Waals surface area contributed by atoms with Crippen molar-refractivity contribution in [3.63, 3.8) is 0 Å². The van der Waals surface area contributed by atoms with E-state index in [-0.39, 0.29) is 11.8 Å². The van der Waals surface area contributed by atoms with Crippen LogP contribution < -0.4 is 0 Å². The molecular weight excluding hydrogens is 187 g/mol. The highest BCUT2D eigenvalue weighted by Crippen LogP contribution is 2.34. The zero-order valence-corrected chi connectivity index (χ0v) is 7.36. The van der Waals surface area contributed by atoms with Crippen LogP contribution in [-0.2, 0) is 9.59 Å². The smallest absolute Gasteiger partial charge is 0.225 e. The van der Waals surface area contributed by atoms with Crippen molar-refractivity contribution >= 4 is 33.7 Å². The quantitative estimate of drug-likeness (QED) is 0.631. The molecule has 0 aromatic carbocycles. The fourth-order valence-corrected chi connectivity index (χ4v) is 2.03. The second-order valence-corrected chi connectivity index (χ2v) is 3.50. The maximum absolute atomic E-state index is 10.7. The second kappa shape index (κ2) is 3.55. The molecule has 2 nitrogen and oxygen atoms in total. The minimum absolute atomic E-state index is 0.332. The normalized spacial score (nSPS) is 30.4. The Hall–Kier alpha value is -0.0800. The van der Waals surface area contributed by atoms with Gasteiger partial charge in [-0.1, -0.05) is 6.42 Å². The van der Waals surface area contributed by atoms with Crippen molar-refractivity contribution in [1.82, 2.24) is 0 Å². The zero-order chi connectivity index (χ0) is 8.43. The topological polar surface area (TPSA) is 34.1 Å². The van der Waals surface area contributed by atoms with E-state index >= 15 is 0 Å². The molecule has 2 atom stereocenters. The Morgan fingerprint density at radius 3 is 1.64 bits per heavy atom. The molecule has 1 aliphatic carbocycles. The van der Waals surface area contributed by atoms with Crippen LogP contribution >= 0.6 is 23.2 Å². The average Bonchev–Trinajstić information content (AvgIpc) is 2.32. The Kier molecular flexibility index (Phi) is 2.90. The highest BCUT2D eigenvalue weighted by Gasteiger charge is 2.35. The van der Waals surface area contributed by atoms with Crippen molar-refractivity contribution in [3.05, 3.63) is 0 Å². The van der Waals surface area contributed by atoms with Gasteiger partial charge in [0.1, 0.15) is 0 Å². The van der Waals surface area contributed by atoms with Gasteiger partial charge in [-0.05, 0) is 36.0 Å². The summed E-state index contributed by atoms with van der Waals surface area (Å²) in [6.45, 7) is 0. The molecule has 0 unspecified atom stereocenters. The van der Waals surface area contributed by atoms with Crippen LogP contribution in [0.4, 0.5) is 0 Å². The molecule has 1 aliphatic rings. The molecular formula is C7H8Cl2O2. The monoisotopic (exact) mass is 194 g/mol. The van der Waals surface area contributed by atoms with Crippen LogP contribution in [0.25, 0.3) is 0 Å². The standard InChI is InChI=1S/C7H8Cl2O2/c8-6(10)4-2-1-3-5(4)7(9)11/h4-5H,1-3H2/t4-,5-/m1/s1. The Bertz CT molecular complexity index is 171. The van der Waals surface area contributed by atoms with E-state index < -0.39 is 10.5 Å². The van der Waals surface area contributed by atoms with Crippen molar-refractivity contribution in [2.24, 2.45) is 11.8 Å². The number of rotatable bonds is 2. The Morgan fingerprint density at radius 2 is 1.36 bits per heavy atom. The number of carbonyl (C=O) groups is 2. The summed E-state index contributed by atoms with van der Waals surface area (Å²) in [6, 6.07) is 0. The first-order valence-electron chi connectivity index (χ1n) is 3.51. The molecule has 11 heavy (non-hydrogen) atoms. The average molecular weight is 195 g/mol. The lowest BCUT2D eigenvalue weighted by atomic mass is 9.99. The molecule has 1 saturated carbocycles. The molecule has 0 aromatic heterocycles. The van der Waals surface area contributed by atoms with E-state index in [2.05, 4.69) is 0 Å². The molecule has 0 aromatic rings. The lowest BCUT2D eigenvalue weighted by molar-refractivity contribution is -0.122. The van der Waals surface area contributed by atoms with Gasteiger partial charge in [-0.2, -0.15) is 0 Å². The summed E-state index contributed by atoms with van der Waals surface area (Å²) in [6.07, 6.45) is 2.27. The van der Waals surface area contributed by atoms with Gasteiger partial charge >= 0.3 is 0 Å². The van der Waals surface area contributed by atoms with Gasteiger partial charge in [-0.25, -0.2) is 0 Å². The van der Waals surface area contributed by atoms with Crippen LogP contribution in [0.15, 0.2) is 0 Å². The van der Waals surface area contributed by atoms with E-state index in [1.807, 2.05) is 0 Å². The van der Waals surface area contributed by atoms with Crippen LogP contribution in [0.3, 0.4) is 0 Å². The predicted octanol–water partition coefficient (Wildman–Crippen LogP) is 1.93. The molecule has 0 heterocycles. The third kappa shape index (κ3) is 1.94. The van der Waals surface area contributed by atoms with Crippen molar-refractivity contribution in [2.45, 2.75) is 19.3 Å². The lowest BCUT2D eigenvalue weighted by Gasteiger charge is -2.09. The fraction of sp³-hybridized carbons (Fsp3) is 0.714. The lowest BCUT2D eigenvalue weighted by Crippen LogP contribution is -2.19. The SMILES string of the molecule is O=C(Cl)[C@@H]1CCC[C@H]1C(=O)Cl. The van der Waals surface area contributed by atoms with E-state index in [9.17, 15) is 9.59 Å². The first kappa shape index (κ1) is 9.01. The summed E-state index contributed by atoms with van der Waals surface area (Å²) in [7, 11) is 0. The van der Waals surface area contributed by atoms with E-state index in [0.29, 0.717) is 12.8 Å². The highest BCUT2D eigenvalue weighted by molar-refractivity contribution is 6.66. The minimum atomic E-state index is -0.429. The van der Waals surface area contributed by atoms with Gasteiger partial charge in [0.15, 0.2) is 0 Å². The predicted molar refractivity (Wildman–Crippen MR) is 42.6 cm³/mol. The minimum Gasteiger partial charge on any atom is -0.281 e. The summed E-state index contributed by atoms with van der Waals surface area (Å²) >= 11 is 10.5. The van der Waals surface area contributed by atoms with E-state index in [0.717, 1.165) is 6.42 Å². The van der Waals surface area contributed by atoms with Gasteiger partial charge in [-0.15, -0.1) is 0 Å². The van der Waals surface area contributed by atoms with Crippen LogP contribution in [-0.4, -0.2) is 10.5 Å². The molecule has 1 fully saturated rings. The Morgan fingerprint density at radius 1 is 1.00 bits per heavy atom. The summed E-state index contributed by atoms with van der Waals surface area (Å²) in [5.74, 6) is -0.664. The highest BCUT2D eigenvalue weighted by atomic mass is 35.5. The van der Waals surface area contributed by atoms with E-state index in [4.69, 9.17) is 23.2 Å². The van der Waals surface area contributed by atoms with Crippen molar-refractivity contribution in [3.8, 4) is 0 Å². The first-order valence-corrected chi connectivity index (χ1v) is 4.27. The summed E-state index contributed by atoms with van der Waals surface area (Å²) in [5, 5.41) is -0.858. The molecule has 0 N–H and O–H groups in total. The molecule has 0 amide bonds. The summed E-state index contributed by atoms with van der Waals surface area (Å²) in [5.41, 5.74) is 0. The zero-order valence-electron chi connectivity index (χ0n) is 5.85. The van der Waals surface area contributed by atoms with Crippen molar-refractivity contribution in [1.29, 1.82) is 0 Å². The van der Waals surface area contributed by atoms with Crippen molar-refractivity contribution in [2.75, 3.05) is 0 Å². The largest absolute Gasteiger partial charge is 0.281 e. The maximum atomic E-state index is 10.7. The molecule has 0 bridgehead atoms. The molecule has 0 radical (unpaired) electrons. The van der Waals surface area contributed by atoms with E-state index in [1.54, 1.807) is 0 Å². The molecule has 62 valence electrons. The fourth-order valence-electron chi connectivity index (χ4n) is 1.50. The Labute approximate surface area is 74.9 Å². The van der Waals surface area contributed by atoms with Gasteiger partial charge in [0.25, 0.3) is 0 Å². The van der Waals surface area contributed by atoms with Crippen LogP contribution in [0, 0.1) is 11.8 Å². The van der Waals surface area contributed by atoms with Crippen molar-refractivity contribution < 1.29 is 9.59 Å². The van der Waals surface area contributed by atoms with Crippen LogP contribution in [0.2, 0.25) is 0 Å². The van der Waals surface area contributed by atoms with Gasteiger partial charge in [0, 0.05) is 11.8 Å². The van der Waals surface area contributed by atoms with Gasteiger partial charge in [-0.3, -0.25) is 9.59 Å².